The summed E-state index contributed by atoms with van der Waals surface area (Å²) < 4.78 is 13.1. The number of aromatic nitrogens is 1. The van der Waals surface area contributed by atoms with Gasteiger partial charge < -0.3 is 10.0 Å². The van der Waals surface area contributed by atoms with Crippen molar-refractivity contribution in [2.24, 2.45) is 0 Å². The highest BCUT2D eigenvalue weighted by atomic mass is 35.5. The number of likely N-dealkylation sites (tertiary alicyclic amines) is 1. The Hall–Kier alpha value is -1.98. The molecule has 0 aliphatic carbocycles. The number of amides is 1. The average Bonchev–Trinajstić information content (AvgIpc) is 2.90. The molecule has 1 aromatic carbocycles. The minimum absolute atomic E-state index is 0.222. The van der Waals surface area contributed by atoms with Crippen molar-refractivity contribution < 1.29 is 14.3 Å². The summed E-state index contributed by atoms with van der Waals surface area (Å²) in [5.41, 5.74) is 1.13. The summed E-state index contributed by atoms with van der Waals surface area (Å²) in [6, 6.07) is 7.22. The highest BCUT2D eigenvalue weighted by molar-refractivity contribution is 6.33. The highest BCUT2D eigenvalue weighted by Gasteiger charge is 2.36. The van der Waals surface area contributed by atoms with E-state index in [1.165, 1.54) is 24.5 Å². The fraction of sp³-hybridized carbons (Fsp3) is 0.250. The lowest BCUT2D eigenvalue weighted by molar-refractivity contribution is 0.0716. The van der Waals surface area contributed by atoms with Gasteiger partial charge in [-0.15, -0.1) is 0 Å². The van der Waals surface area contributed by atoms with Crippen LogP contribution in [0.2, 0.25) is 5.02 Å². The second kappa shape index (κ2) is 6.02. The van der Waals surface area contributed by atoms with Crippen LogP contribution in [0.5, 0.6) is 0 Å². The molecule has 0 bridgehead atoms. The fourth-order valence-corrected chi connectivity index (χ4v) is 2.94. The van der Waals surface area contributed by atoms with Gasteiger partial charge in [-0.3, -0.25) is 9.78 Å². The molecule has 1 N–H and O–H groups in total. The summed E-state index contributed by atoms with van der Waals surface area (Å²) >= 11 is 6.03. The first-order valence-electron chi connectivity index (χ1n) is 6.90. The van der Waals surface area contributed by atoms with E-state index in [1.807, 2.05) is 0 Å². The van der Waals surface area contributed by atoms with Gasteiger partial charge in [0.15, 0.2) is 0 Å². The summed E-state index contributed by atoms with van der Waals surface area (Å²) in [7, 11) is 0. The first-order valence-corrected chi connectivity index (χ1v) is 7.28. The monoisotopic (exact) mass is 320 g/mol. The molecule has 4 nitrogen and oxygen atoms in total. The Morgan fingerprint density at radius 3 is 2.73 bits per heavy atom. The van der Waals surface area contributed by atoms with E-state index in [4.69, 9.17) is 11.6 Å². The highest BCUT2D eigenvalue weighted by Crippen LogP contribution is 2.34. The van der Waals surface area contributed by atoms with Crippen molar-refractivity contribution in [3.8, 4) is 0 Å². The van der Waals surface area contributed by atoms with Gasteiger partial charge in [-0.25, -0.2) is 4.39 Å². The van der Waals surface area contributed by atoms with Gasteiger partial charge >= 0.3 is 0 Å². The summed E-state index contributed by atoms with van der Waals surface area (Å²) in [6.45, 7) is 0.222. The maximum Gasteiger partial charge on any atom is 0.256 e. The second-order valence-electron chi connectivity index (χ2n) is 5.27. The molecule has 2 aromatic rings. The zero-order chi connectivity index (χ0) is 15.7. The van der Waals surface area contributed by atoms with Gasteiger partial charge in [-0.1, -0.05) is 23.7 Å². The topological polar surface area (TPSA) is 53.4 Å². The lowest BCUT2D eigenvalue weighted by atomic mass is 10.0. The molecule has 0 radical (unpaired) electrons. The lowest BCUT2D eigenvalue weighted by Gasteiger charge is -2.25. The average molecular weight is 321 g/mol. The standard InChI is InChI=1S/C16H14ClFN2O2/c17-14-8-19-6-5-13(14)16(22)20-9-12(21)7-15(20)10-1-3-11(18)4-2-10/h1-6,8,12,15,21H,7,9H2. The van der Waals surface area contributed by atoms with E-state index >= 15 is 0 Å². The summed E-state index contributed by atoms with van der Waals surface area (Å²) in [4.78, 5) is 18.1. The van der Waals surface area contributed by atoms with Crippen molar-refractivity contribution in [2.75, 3.05) is 6.54 Å². The largest absolute Gasteiger partial charge is 0.391 e. The maximum absolute atomic E-state index is 13.1. The first-order chi connectivity index (χ1) is 10.6. The number of hydrogen-bond acceptors (Lipinski definition) is 3. The third-order valence-electron chi connectivity index (χ3n) is 3.80. The Labute approximate surface area is 132 Å². The van der Waals surface area contributed by atoms with Crippen LogP contribution in [-0.4, -0.2) is 33.5 Å². The SMILES string of the molecule is O=C(c1ccncc1Cl)N1CC(O)CC1c1ccc(F)cc1. The molecular weight excluding hydrogens is 307 g/mol. The number of rotatable bonds is 2. The van der Waals surface area contributed by atoms with Crippen molar-refractivity contribution in [3.05, 3.63) is 64.7 Å². The van der Waals surface area contributed by atoms with E-state index in [0.717, 1.165) is 5.56 Å². The van der Waals surface area contributed by atoms with Crippen molar-refractivity contribution in [1.82, 2.24) is 9.88 Å². The number of hydrogen-bond donors (Lipinski definition) is 1. The van der Waals surface area contributed by atoms with Crippen LogP contribution in [-0.2, 0) is 0 Å². The van der Waals surface area contributed by atoms with Gasteiger partial charge in [0.05, 0.1) is 22.7 Å². The first kappa shape index (κ1) is 14.9. The number of carbonyl (C=O) groups is 1. The van der Waals surface area contributed by atoms with Gasteiger partial charge in [-0.05, 0) is 30.2 Å². The van der Waals surface area contributed by atoms with E-state index in [-0.39, 0.29) is 29.3 Å². The van der Waals surface area contributed by atoms with Gasteiger partial charge in [0.2, 0.25) is 0 Å². The number of carbonyl (C=O) groups excluding carboxylic acids is 1. The van der Waals surface area contributed by atoms with E-state index < -0.39 is 6.10 Å². The van der Waals surface area contributed by atoms with Crippen LogP contribution >= 0.6 is 11.6 Å². The Morgan fingerprint density at radius 1 is 1.32 bits per heavy atom. The van der Waals surface area contributed by atoms with Crippen LogP contribution in [0.4, 0.5) is 4.39 Å². The quantitative estimate of drug-likeness (QED) is 0.925. The summed E-state index contributed by atoms with van der Waals surface area (Å²) in [6.07, 6.45) is 2.71. The summed E-state index contributed by atoms with van der Waals surface area (Å²) in [5.74, 6) is -0.601. The fourth-order valence-electron chi connectivity index (χ4n) is 2.74. The molecule has 114 valence electrons. The van der Waals surface area contributed by atoms with Crippen LogP contribution in [0, 0.1) is 5.82 Å². The van der Waals surface area contributed by atoms with Gasteiger partial charge in [0, 0.05) is 18.9 Å². The van der Waals surface area contributed by atoms with Gasteiger partial charge in [-0.2, -0.15) is 0 Å². The third-order valence-corrected chi connectivity index (χ3v) is 4.10. The number of benzene rings is 1. The zero-order valence-electron chi connectivity index (χ0n) is 11.6. The van der Waals surface area contributed by atoms with Crippen LogP contribution < -0.4 is 0 Å². The number of aliphatic hydroxyl groups excluding tert-OH is 1. The van der Waals surface area contributed by atoms with Crippen LogP contribution in [0.15, 0.2) is 42.7 Å². The van der Waals surface area contributed by atoms with Crippen molar-refractivity contribution >= 4 is 17.5 Å². The van der Waals surface area contributed by atoms with Crippen molar-refractivity contribution in [2.45, 2.75) is 18.6 Å². The smallest absolute Gasteiger partial charge is 0.256 e. The van der Waals surface area contributed by atoms with E-state index in [0.29, 0.717) is 12.0 Å². The van der Waals surface area contributed by atoms with Crippen molar-refractivity contribution in [3.63, 3.8) is 0 Å². The van der Waals surface area contributed by atoms with E-state index in [2.05, 4.69) is 4.98 Å². The molecule has 0 saturated carbocycles. The van der Waals surface area contributed by atoms with E-state index in [1.54, 1.807) is 23.1 Å². The molecule has 1 aliphatic rings. The minimum Gasteiger partial charge on any atom is -0.391 e. The molecule has 1 aromatic heterocycles. The molecule has 3 rings (SSSR count). The summed E-state index contributed by atoms with van der Waals surface area (Å²) in [5, 5.41) is 10.2. The molecule has 0 spiro atoms. The van der Waals surface area contributed by atoms with Gasteiger partial charge in [0.25, 0.3) is 5.91 Å². The third kappa shape index (κ3) is 2.82. The zero-order valence-corrected chi connectivity index (χ0v) is 12.4. The maximum atomic E-state index is 13.1. The molecule has 1 aliphatic heterocycles. The van der Waals surface area contributed by atoms with E-state index in [9.17, 15) is 14.3 Å². The van der Waals surface area contributed by atoms with Crippen LogP contribution in [0.25, 0.3) is 0 Å². The number of pyridine rings is 1. The predicted molar refractivity (Wildman–Crippen MR) is 80.0 cm³/mol. The molecule has 1 saturated heterocycles. The number of β-amino-alcohol motifs (C(OH)–C–C–N with tert-alkyl or cyclic N) is 1. The number of aliphatic hydroxyl groups is 1. The number of nitrogens with zero attached hydrogens (tertiary/aromatic N) is 2. The normalized spacial score (nSPS) is 21.1. The van der Waals surface area contributed by atoms with Crippen LogP contribution in [0.3, 0.4) is 0 Å². The molecule has 22 heavy (non-hydrogen) atoms. The second-order valence-corrected chi connectivity index (χ2v) is 5.68. The molecule has 2 unspecified atom stereocenters. The minimum atomic E-state index is -0.611. The lowest BCUT2D eigenvalue weighted by Crippen LogP contribution is -2.32. The number of halogens is 2. The Balaban J connectivity index is 1.92. The molecule has 1 amide bonds. The molecule has 2 heterocycles. The molecular formula is C16H14ClFN2O2. The molecule has 6 heteroatoms. The van der Waals surface area contributed by atoms with Crippen LogP contribution in [0.1, 0.15) is 28.4 Å². The molecule has 1 fully saturated rings. The van der Waals surface area contributed by atoms with Crippen molar-refractivity contribution in [1.29, 1.82) is 0 Å². The molecule has 2 atom stereocenters. The Kier molecular flexibility index (Phi) is 4.09. The van der Waals surface area contributed by atoms with Gasteiger partial charge in [0.1, 0.15) is 5.82 Å². The Bertz CT molecular complexity index is 693. The predicted octanol–water partition coefficient (Wildman–Crippen LogP) is 2.82. The Morgan fingerprint density at radius 2 is 2.05 bits per heavy atom.